The molecule has 1 heterocycles. The average Bonchev–Trinajstić information content (AvgIpc) is 2.61. The molecule has 0 aliphatic carbocycles. The molecule has 0 aliphatic rings. The molecule has 0 radical (unpaired) electrons. The Kier molecular flexibility index (Phi) is 9.48. The van der Waals surface area contributed by atoms with E-state index in [0.717, 1.165) is 12.1 Å². The Morgan fingerprint density at radius 2 is 1.89 bits per heavy atom. The average molecular weight is 388 g/mol. The third-order valence-corrected chi connectivity index (χ3v) is 3.42. The van der Waals surface area contributed by atoms with Gasteiger partial charge in [-0.05, 0) is 43.5 Å². The van der Waals surface area contributed by atoms with Gasteiger partial charge in [-0.3, -0.25) is 4.98 Å². The second-order valence-corrected chi connectivity index (χ2v) is 5.42. The molecule has 0 saturated carbocycles. The standard InChI is InChI=1S/C18H17F3N2O3.Na/c19-18(20,21)15-7-3-5-13(11-15)17(14-6-4-9-22-12-14)23-26-10-2-1-8-16(24)25;/h3-7,9,11-12H,1-2,8,10H2,(H,24,25);/q;+1/p-1/b23-17-;. The van der Waals surface area contributed by atoms with Gasteiger partial charge in [0.1, 0.15) is 12.3 Å². The Labute approximate surface area is 176 Å². The summed E-state index contributed by atoms with van der Waals surface area (Å²) in [5.74, 6) is -1.14. The van der Waals surface area contributed by atoms with Crippen LogP contribution in [0.15, 0.2) is 53.9 Å². The number of carbonyl (C=O) groups is 1. The first kappa shape index (κ1) is 23.1. The minimum Gasteiger partial charge on any atom is -0.550 e. The molecule has 1 aromatic heterocycles. The molecular weight excluding hydrogens is 372 g/mol. The molecule has 0 bridgehead atoms. The van der Waals surface area contributed by atoms with Gasteiger partial charge in [0.05, 0.1) is 5.56 Å². The number of aromatic nitrogens is 1. The molecule has 138 valence electrons. The summed E-state index contributed by atoms with van der Waals surface area (Å²) in [6.45, 7) is 0.135. The second kappa shape index (κ2) is 11.1. The van der Waals surface area contributed by atoms with Gasteiger partial charge < -0.3 is 14.7 Å². The number of aliphatic carboxylic acids is 1. The van der Waals surface area contributed by atoms with Crippen molar-refractivity contribution in [1.82, 2.24) is 4.98 Å². The number of hydrogen-bond acceptors (Lipinski definition) is 5. The fourth-order valence-electron chi connectivity index (χ4n) is 2.16. The van der Waals surface area contributed by atoms with Crippen LogP contribution in [0.4, 0.5) is 13.2 Å². The topological polar surface area (TPSA) is 74.6 Å². The zero-order valence-corrected chi connectivity index (χ0v) is 16.7. The fraction of sp³-hybridized carbons (Fsp3) is 0.278. The number of rotatable bonds is 8. The van der Waals surface area contributed by atoms with Crippen LogP contribution in [-0.2, 0) is 15.8 Å². The number of hydrogen-bond donors (Lipinski definition) is 0. The van der Waals surface area contributed by atoms with Gasteiger partial charge in [-0.25, -0.2) is 0 Å². The van der Waals surface area contributed by atoms with Crippen molar-refractivity contribution in [2.45, 2.75) is 25.4 Å². The summed E-state index contributed by atoms with van der Waals surface area (Å²) in [7, 11) is 0. The Balaban J connectivity index is 0.00000364. The number of pyridine rings is 1. The second-order valence-electron chi connectivity index (χ2n) is 5.42. The van der Waals surface area contributed by atoms with Gasteiger partial charge in [0.15, 0.2) is 0 Å². The summed E-state index contributed by atoms with van der Waals surface area (Å²) in [6.07, 6.45) is -0.755. The van der Waals surface area contributed by atoms with E-state index in [1.54, 1.807) is 12.1 Å². The predicted molar refractivity (Wildman–Crippen MR) is 86.1 cm³/mol. The Hall–Kier alpha value is -1.90. The number of carboxylic acids is 1. The van der Waals surface area contributed by atoms with Crippen LogP contribution in [0.1, 0.15) is 36.0 Å². The number of carboxylic acid groups (broad SMARTS) is 1. The van der Waals surface area contributed by atoms with Crippen molar-refractivity contribution in [3.05, 3.63) is 65.5 Å². The number of halogens is 3. The number of benzene rings is 1. The van der Waals surface area contributed by atoms with Crippen LogP contribution < -0.4 is 34.7 Å². The maximum Gasteiger partial charge on any atom is 1.00 e. The summed E-state index contributed by atoms with van der Waals surface area (Å²) in [5.41, 5.74) is 0.161. The Morgan fingerprint density at radius 1 is 1.15 bits per heavy atom. The van der Waals surface area contributed by atoms with Gasteiger partial charge in [0.25, 0.3) is 0 Å². The van der Waals surface area contributed by atoms with E-state index in [1.165, 1.54) is 24.5 Å². The number of alkyl halides is 3. The van der Waals surface area contributed by atoms with E-state index in [0.29, 0.717) is 18.4 Å². The molecule has 27 heavy (non-hydrogen) atoms. The van der Waals surface area contributed by atoms with Crippen molar-refractivity contribution in [2.24, 2.45) is 5.16 Å². The molecule has 2 rings (SSSR count). The molecule has 0 unspecified atom stereocenters. The van der Waals surface area contributed by atoms with E-state index in [1.807, 2.05) is 0 Å². The third kappa shape index (κ3) is 7.70. The van der Waals surface area contributed by atoms with Crippen molar-refractivity contribution in [3.8, 4) is 0 Å². The van der Waals surface area contributed by atoms with Crippen molar-refractivity contribution >= 4 is 11.7 Å². The number of carbonyl (C=O) groups excluding carboxylic acids is 1. The van der Waals surface area contributed by atoms with E-state index in [4.69, 9.17) is 4.84 Å². The van der Waals surface area contributed by atoms with E-state index in [2.05, 4.69) is 10.1 Å². The molecule has 0 N–H and O–H groups in total. The predicted octanol–water partition coefficient (Wildman–Crippen LogP) is -0.206. The van der Waals surface area contributed by atoms with Crippen LogP contribution in [0.25, 0.3) is 0 Å². The van der Waals surface area contributed by atoms with Crippen LogP contribution in [0.5, 0.6) is 0 Å². The van der Waals surface area contributed by atoms with Crippen LogP contribution in [0.2, 0.25) is 0 Å². The number of oxime groups is 1. The third-order valence-electron chi connectivity index (χ3n) is 3.42. The molecule has 0 amide bonds. The first-order valence-electron chi connectivity index (χ1n) is 7.86. The van der Waals surface area contributed by atoms with Gasteiger partial charge in [0, 0.05) is 29.5 Å². The SMILES string of the molecule is O=C([O-])CCCCO/N=C(\c1cccnc1)c1cccc(C(F)(F)F)c1.[Na+]. The molecule has 0 saturated heterocycles. The Bertz CT molecular complexity index is 768. The summed E-state index contributed by atoms with van der Waals surface area (Å²) in [5, 5.41) is 14.3. The van der Waals surface area contributed by atoms with Gasteiger partial charge in [0.2, 0.25) is 0 Å². The van der Waals surface area contributed by atoms with Crippen LogP contribution in [-0.4, -0.2) is 23.3 Å². The largest absolute Gasteiger partial charge is 1.00 e. The first-order chi connectivity index (χ1) is 12.4. The first-order valence-corrected chi connectivity index (χ1v) is 7.86. The van der Waals surface area contributed by atoms with Gasteiger partial charge in [-0.2, -0.15) is 13.2 Å². The van der Waals surface area contributed by atoms with Gasteiger partial charge in [-0.15, -0.1) is 0 Å². The summed E-state index contributed by atoms with van der Waals surface area (Å²) in [4.78, 5) is 19.5. The zero-order valence-electron chi connectivity index (χ0n) is 14.7. The maximum absolute atomic E-state index is 13.0. The van der Waals surface area contributed by atoms with Crippen LogP contribution in [0.3, 0.4) is 0 Å². The number of unbranched alkanes of at least 4 members (excludes halogenated alkanes) is 1. The van der Waals surface area contributed by atoms with Crippen molar-refractivity contribution in [3.63, 3.8) is 0 Å². The van der Waals surface area contributed by atoms with Crippen LogP contribution >= 0.6 is 0 Å². The molecule has 2 aromatic rings. The summed E-state index contributed by atoms with van der Waals surface area (Å²) >= 11 is 0. The summed E-state index contributed by atoms with van der Waals surface area (Å²) in [6, 6.07) is 8.06. The van der Waals surface area contributed by atoms with Crippen molar-refractivity contribution in [2.75, 3.05) is 6.61 Å². The molecule has 0 atom stereocenters. The molecular formula is C18H16F3N2NaO3. The van der Waals surface area contributed by atoms with Crippen molar-refractivity contribution < 1.29 is 57.5 Å². The van der Waals surface area contributed by atoms with Gasteiger partial charge >= 0.3 is 35.7 Å². The molecule has 0 aliphatic heterocycles. The maximum atomic E-state index is 13.0. The fourth-order valence-corrected chi connectivity index (χ4v) is 2.16. The monoisotopic (exact) mass is 388 g/mol. The molecule has 1 aromatic carbocycles. The zero-order chi connectivity index (χ0) is 19.0. The van der Waals surface area contributed by atoms with Gasteiger partial charge in [-0.1, -0.05) is 17.3 Å². The van der Waals surface area contributed by atoms with E-state index >= 15 is 0 Å². The normalized spacial score (nSPS) is 11.6. The van der Waals surface area contributed by atoms with E-state index in [-0.39, 0.29) is 53.9 Å². The Morgan fingerprint density at radius 3 is 2.52 bits per heavy atom. The molecule has 9 heteroatoms. The summed E-state index contributed by atoms with van der Waals surface area (Å²) < 4.78 is 38.9. The van der Waals surface area contributed by atoms with E-state index in [9.17, 15) is 23.1 Å². The molecule has 5 nitrogen and oxygen atoms in total. The minimum absolute atomic E-state index is 0. The molecule has 0 spiro atoms. The van der Waals surface area contributed by atoms with E-state index < -0.39 is 17.7 Å². The number of nitrogens with zero attached hydrogens (tertiary/aromatic N) is 2. The molecule has 0 fully saturated rings. The minimum atomic E-state index is -4.47. The van der Waals surface area contributed by atoms with Crippen molar-refractivity contribution in [1.29, 1.82) is 0 Å². The smallest absolute Gasteiger partial charge is 0.550 e. The quantitative estimate of drug-likeness (QED) is 0.272. The van der Waals surface area contributed by atoms with Crippen LogP contribution in [0, 0.1) is 0 Å².